The van der Waals surface area contributed by atoms with Crippen molar-refractivity contribution in [2.75, 3.05) is 26.2 Å². The summed E-state index contributed by atoms with van der Waals surface area (Å²) in [6.45, 7) is 4.09. The van der Waals surface area contributed by atoms with Gasteiger partial charge in [-0.05, 0) is 31.9 Å². The van der Waals surface area contributed by atoms with Crippen molar-refractivity contribution >= 4 is 58.8 Å². The zero-order valence-electron chi connectivity index (χ0n) is 13.5. The van der Waals surface area contributed by atoms with Crippen molar-refractivity contribution in [2.24, 2.45) is 10.9 Å². The quantitative estimate of drug-likeness (QED) is 0.196. The number of hydrogen-bond donors (Lipinski definition) is 4. The molecule has 1 unspecified atom stereocenters. The van der Waals surface area contributed by atoms with Crippen molar-refractivity contribution in [1.82, 2.24) is 16.0 Å². The smallest absolute Gasteiger partial charge is 0.223 e. The molecule has 4 N–H and O–H groups in total. The van der Waals surface area contributed by atoms with Gasteiger partial charge in [-0.25, -0.2) is 0 Å². The zero-order chi connectivity index (χ0) is 16.7. The van der Waals surface area contributed by atoms with Crippen molar-refractivity contribution in [3.63, 3.8) is 0 Å². The van der Waals surface area contributed by atoms with Crippen molar-refractivity contribution in [2.45, 2.75) is 25.9 Å². The lowest BCUT2D eigenvalue weighted by Gasteiger charge is -2.13. The number of carbonyl (C=O) groups excluding carboxylic acids is 1. The Morgan fingerprint density at radius 3 is 2.67 bits per heavy atom. The number of nitrogens with one attached hydrogen (secondary N) is 3. The average Bonchev–Trinajstić information content (AvgIpc) is 3.30. The molecule has 1 aliphatic carbocycles. The minimum atomic E-state index is -0.669. The lowest BCUT2D eigenvalue weighted by atomic mass is 10.3. The molecule has 0 saturated heterocycles. The number of halogens is 2. The second kappa shape index (κ2) is 11.1. The van der Waals surface area contributed by atoms with Crippen molar-refractivity contribution in [3.8, 4) is 0 Å². The van der Waals surface area contributed by atoms with Crippen molar-refractivity contribution in [1.29, 1.82) is 0 Å². The third-order valence-electron chi connectivity index (χ3n) is 3.35. The van der Waals surface area contributed by atoms with E-state index >= 15 is 0 Å². The number of aliphatic hydroxyl groups is 1. The number of amides is 1. The zero-order valence-corrected chi connectivity index (χ0v) is 17.5. The molecule has 1 saturated carbocycles. The Morgan fingerprint density at radius 1 is 1.38 bits per heavy atom. The van der Waals surface area contributed by atoms with E-state index in [0.29, 0.717) is 23.4 Å². The van der Waals surface area contributed by atoms with Crippen LogP contribution in [-0.4, -0.2) is 43.2 Å². The molecular formula is C15H24ClIN4O2S. The fourth-order valence-electron chi connectivity index (χ4n) is 1.97. The van der Waals surface area contributed by atoms with E-state index in [0.717, 1.165) is 24.3 Å². The molecule has 6 nitrogen and oxygen atoms in total. The first-order chi connectivity index (χ1) is 11.1. The highest BCUT2D eigenvalue weighted by Gasteiger charge is 2.28. The minimum absolute atomic E-state index is 0. The predicted molar refractivity (Wildman–Crippen MR) is 109 cm³/mol. The molecule has 1 aromatic heterocycles. The summed E-state index contributed by atoms with van der Waals surface area (Å²) in [5.74, 6) is 0.985. The van der Waals surface area contributed by atoms with E-state index in [1.54, 1.807) is 12.1 Å². The predicted octanol–water partition coefficient (Wildman–Crippen LogP) is 2.13. The van der Waals surface area contributed by atoms with Gasteiger partial charge in [-0.3, -0.25) is 9.79 Å². The van der Waals surface area contributed by atoms with Gasteiger partial charge in [0, 0.05) is 30.4 Å². The van der Waals surface area contributed by atoms with Gasteiger partial charge in [0.1, 0.15) is 6.10 Å². The van der Waals surface area contributed by atoms with E-state index in [4.69, 9.17) is 11.6 Å². The molecule has 0 aromatic carbocycles. The third kappa shape index (κ3) is 7.54. The first-order valence-electron chi connectivity index (χ1n) is 7.83. The lowest BCUT2D eigenvalue weighted by molar-refractivity contribution is -0.122. The van der Waals surface area contributed by atoms with Crippen LogP contribution in [0, 0.1) is 5.92 Å². The van der Waals surface area contributed by atoms with E-state index in [1.165, 1.54) is 11.3 Å². The molecule has 0 aliphatic heterocycles. The van der Waals surface area contributed by atoms with E-state index in [9.17, 15) is 9.90 Å². The average molecular weight is 487 g/mol. The molecule has 2 rings (SSSR count). The molecule has 0 spiro atoms. The largest absolute Gasteiger partial charge is 0.386 e. The highest BCUT2D eigenvalue weighted by molar-refractivity contribution is 14.0. The number of guanidine groups is 1. The van der Waals surface area contributed by atoms with Gasteiger partial charge in [0.25, 0.3) is 0 Å². The highest BCUT2D eigenvalue weighted by Crippen LogP contribution is 2.28. The summed E-state index contributed by atoms with van der Waals surface area (Å²) in [7, 11) is 0. The van der Waals surface area contributed by atoms with Gasteiger partial charge in [0.15, 0.2) is 5.96 Å². The van der Waals surface area contributed by atoms with Gasteiger partial charge in [-0.15, -0.1) is 35.3 Å². The summed E-state index contributed by atoms with van der Waals surface area (Å²) in [6.07, 6.45) is 1.35. The van der Waals surface area contributed by atoms with E-state index in [-0.39, 0.29) is 42.3 Å². The number of hydrogen-bond acceptors (Lipinski definition) is 4. The lowest BCUT2D eigenvalue weighted by Crippen LogP contribution is -2.42. The molecule has 0 radical (unpaired) electrons. The maximum atomic E-state index is 11.5. The fraction of sp³-hybridized carbons (Fsp3) is 0.600. The Balaban J connectivity index is 0.00000288. The SMILES string of the molecule is CCNC(=NCC(O)c1ccc(Cl)s1)NCCNC(=O)C1CC1.I. The van der Waals surface area contributed by atoms with Gasteiger partial charge < -0.3 is 21.1 Å². The summed E-state index contributed by atoms with van der Waals surface area (Å²) in [6, 6.07) is 3.57. The standard InChI is InChI=1S/C15H23ClN4O2S.HI/c1-2-17-15(19-8-7-18-14(22)10-3-4-10)20-9-11(21)12-5-6-13(16)23-12;/h5-6,10-11,21H,2-4,7-9H2,1H3,(H,18,22)(H2,17,19,20);1H. The molecule has 1 aliphatic rings. The monoisotopic (exact) mass is 486 g/mol. The van der Waals surface area contributed by atoms with Crippen LogP contribution in [-0.2, 0) is 4.79 Å². The molecule has 24 heavy (non-hydrogen) atoms. The van der Waals surface area contributed by atoms with E-state index in [1.807, 2.05) is 6.92 Å². The van der Waals surface area contributed by atoms with Crippen LogP contribution in [0.5, 0.6) is 0 Å². The van der Waals surface area contributed by atoms with E-state index < -0.39 is 6.10 Å². The van der Waals surface area contributed by atoms with Gasteiger partial charge in [0.05, 0.1) is 10.9 Å². The van der Waals surface area contributed by atoms with Crippen LogP contribution in [0.15, 0.2) is 17.1 Å². The molecule has 1 amide bonds. The number of aliphatic hydroxyl groups excluding tert-OH is 1. The molecule has 1 aromatic rings. The van der Waals surface area contributed by atoms with Crippen LogP contribution in [0.1, 0.15) is 30.7 Å². The minimum Gasteiger partial charge on any atom is -0.386 e. The summed E-state index contributed by atoms with van der Waals surface area (Å²) >= 11 is 7.22. The Kier molecular flexibility index (Phi) is 9.94. The molecule has 0 bridgehead atoms. The molecule has 136 valence electrons. The van der Waals surface area contributed by atoms with Crippen LogP contribution < -0.4 is 16.0 Å². The number of nitrogens with zero attached hydrogens (tertiary/aromatic N) is 1. The second-order valence-electron chi connectivity index (χ2n) is 5.37. The maximum Gasteiger partial charge on any atom is 0.223 e. The van der Waals surface area contributed by atoms with Gasteiger partial charge in [-0.1, -0.05) is 11.6 Å². The fourth-order valence-corrected chi connectivity index (χ4v) is 3.01. The van der Waals surface area contributed by atoms with Crippen LogP contribution in [0.4, 0.5) is 0 Å². The maximum absolute atomic E-state index is 11.5. The second-order valence-corrected chi connectivity index (χ2v) is 7.12. The van der Waals surface area contributed by atoms with Crippen LogP contribution in [0.25, 0.3) is 0 Å². The Bertz CT molecular complexity index is 551. The Labute approximate surface area is 168 Å². The normalized spacial score (nSPS) is 15.4. The number of carbonyl (C=O) groups is 1. The number of rotatable bonds is 8. The van der Waals surface area contributed by atoms with Crippen LogP contribution in [0.3, 0.4) is 0 Å². The molecular weight excluding hydrogens is 463 g/mol. The van der Waals surface area contributed by atoms with Gasteiger partial charge in [0.2, 0.25) is 5.91 Å². The van der Waals surface area contributed by atoms with Crippen molar-refractivity contribution in [3.05, 3.63) is 21.3 Å². The summed E-state index contributed by atoms with van der Waals surface area (Å²) in [4.78, 5) is 16.7. The van der Waals surface area contributed by atoms with Crippen LogP contribution >= 0.6 is 46.9 Å². The van der Waals surface area contributed by atoms with Crippen molar-refractivity contribution < 1.29 is 9.90 Å². The van der Waals surface area contributed by atoms with Gasteiger partial charge in [-0.2, -0.15) is 0 Å². The molecule has 9 heteroatoms. The summed E-state index contributed by atoms with van der Waals surface area (Å²) in [5, 5.41) is 19.2. The Hall–Kier alpha value is -0.580. The first kappa shape index (κ1) is 21.5. The number of thiophene rings is 1. The summed E-state index contributed by atoms with van der Waals surface area (Å²) < 4.78 is 0.652. The van der Waals surface area contributed by atoms with E-state index in [2.05, 4.69) is 20.9 Å². The molecule has 1 atom stereocenters. The van der Waals surface area contributed by atoms with Gasteiger partial charge >= 0.3 is 0 Å². The summed E-state index contributed by atoms with van der Waals surface area (Å²) in [5.41, 5.74) is 0. The molecule has 1 fully saturated rings. The Morgan fingerprint density at radius 2 is 2.08 bits per heavy atom. The first-order valence-corrected chi connectivity index (χ1v) is 9.02. The van der Waals surface area contributed by atoms with Crippen LogP contribution in [0.2, 0.25) is 4.34 Å². The number of aliphatic imine (C=N–C) groups is 1. The third-order valence-corrected chi connectivity index (χ3v) is 4.69. The topological polar surface area (TPSA) is 85.8 Å². The molecule has 1 heterocycles. The highest BCUT2D eigenvalue weighted by atomic mass is 127.